The lowest BCUT2D eigenvalue weighted by Crippen LogP contribution is -2.15. The zero-order valence-corrected chi connectivity index (χ0v) is 13.8. The summed E-state index contributed by atoms with van der Waals surface area (Å²) >= 11 is 0. The van der Waals surface area contributed by atoms with E-state index in [0.717, 1.165) is 35.3 Å². The van der Waals surface area contributed by atoms with Crippen LogP contribution in [0.15, 0.2) is 48.5 Å². The van der Waals surface area contributed by atoms with Gasteiger partial charge in [-0.1, -0.05) is 61.4 Å². The molecule has 1 atom stereocenters. The van der Waals surface area contributed by atoms with Crippen LogP contribution in [-0.2, 0) is 11.2 Å². The lowest BCUT2D eigenvalue weighted by Gasteiger charge is -2.16. The van der Waals surface area contributed by atoms with Crippen molar-refractivity contribution in [2.75, 3.05) is 6.61 Å². The molecule has 0 fully saturated rings. The maximum absolute atomic E-state index is 11.7. The highest BCUT2D eigenvalue weighted by Crippen LogP contribution is 2.27. The third-order valence-electron chi connectivity index (χ3n) is 3.93. The van der Waals surface area contributed by atoms with Crippen LogP contribution in [0.1, 0.15) is 42.4 Å². The molecule has 3 nitrogen and oxygen atoms in total. The molecular weight excluding hydrogens is 288 g/mol. The van der Waals surface area contributed by atoms with E-state index in [9.17, 15) is 9.90 Å². The Balaban J connectivity index is 2.20. The monoisotopic (exact) mass is 312 g/mol. The Morgan fingerprint density at radius 3 is 2.48 bits per heavy atom. The van der Waals surface area contributed by atoms with Crippen molar-refractivity contribution in [1.82, 2.24) is 0 Å². The summed E-state index contributed by atoms with van der Waals surface area (Å²) < 4.78 is 5.82. The number of ether oxygens (including phenoxy) is 1. The minimum atomic E-state index is -0.808. The van der Waals surface area contributed by atoms with E-state index in [1.807, 2.05) is 55.5 Å². The number of carbonyl (C=O) groups is 1. The van der Waals surface area contributed by atoms with Crippen molar-refractivity contribution in [2.24, 2.45) is 0 Å². The van der Waals surface area contributed by atoms with Crippen LogP contribution in [-0.4, -0.2) is 17.7 Å². The van der Waals surface area contributed by atoms with Crippen LogP contribution < -0.4 is 4.74 Å². The summed E-state index contributed by atoms with van der Waals surface area (Å²) in [7, 11) is 0. The largest absolute Gasteiger partial charge is 0.493 e. The third-order valence-corrected chi connectivity index (χ3v) is 3.93. The fraction of sp³-hybridized carbons (Fsp3) is 0.350. The second-order valence-corrected chi connectivity index (χ2v) is 5.82. The van der Waals surface area contributed by atoms with E-state index in [2.05, 4.69) is 6.92 Å². The Hall–Kier alpha value is -2.29. The molecule has 3 heteroatoms. The highest BCUT2D eigenvalue weighted by Gasteiger charge is 2.21. The van der Waals surface area contributed by atoms with Gasteiger partial charge in [0.2, 0.25) is 0 Å². The molecule has 2 aromatic rings. The molecule has 0 amide bonds. The van der Waals surface area contributed by atoms with Crippen LogP contribution in [0.4, 0.5) is 0 Å². The van der Waals surface area contributed by atoms with Gasteiger partial charge in [0.05, 0.1) is 12.5 Å². The first-order chi connectivity index (χ1) is 11.1. The van der Waals surface area contributed by atoms with Crippen LogP contribution >= 0.6 is 0 Å². The molecule has 0 aliphatic heterocycles. The van der Waals surface area contributed by atoms with Crippen LogP contribution in [0.25, 0.3) is 0 Å². The first kappa shape index (κ1) is 17.1. The lowest BCUT2D eigenvalue weighted by molar-refractivity contribution is -0.138. The van der Waals surface area contributed by atoms with Gasteiger partial charge in [-0.2, -0.15) is 0 Å². The predicted molar refractivity (Wildman–Crippen MR) is 92.1 cm³/mol. The minimum absolute atomic E-state index is 0.431. The van der Waals surface area contributed by atoms with E-state index in [0.29, 0.717) is 13.0 Å². The van der Waals surface area contributed by atoms with Crippen molar-refractivity contribution in [3.8, 4) is 5.75 Å². The molecular formula is C20H24O3. The number of aliphatic carboxylic acids is 1. The van der Waals surface area contributed by atoms with Crippen LogP contribution in [0.5, 0.6) is 5.75 Å². The summed E-state index contributed by atoms with van der Waals surface area (Å²) in [4.78, 5) is 11.7. The quantitative estimate of drug-likeness (QED) is 0.725. The maximum Gasteiger partial charge on any atom is 0.311 e. The summed E-state index contributed by atoms with van der Waals surface area (Å²) in [5, 5.41) is 9.62. The Labute approximate surface area is 137 Å². The van der Waals surface area contributed by atoms with E-state index in [4.69, 9.17) is 4.74 Å². The third kappa shape index (κ3) is 4.85. The maximum atomic E-state index is 11.7. The van der Waals surface area contributed by atoms with Gasteiger partial charge < -0.3 is 9.84 Å². The molecule has 1 N–H and O–H groups in total. The zero-order valence-electron chi connectivity index (χ0n) is 13.8. The van der Waals surface area contributed by atoms with Crippen molar-refractivity contribution in [3.63, 3.8) is 0 Å². The fourth-order valence-corrected chi connectivity index (χ4v) is 2.51. The fourth-order valence-electron chi connectivity index (χ4n) is 2.51. The van der Waals surface area contributed by atoms with Gasteiger partial charge >= 0.3 is 5.97 Å². The van der Waals surface area contributed by atoms with Crippen LogP contribution in [0.3, 0.4) is 0 Å². The van der Waals surface area contributed by atoms with Crippen molar-refractivity contribution in [1.29, 1.82) is 0 Å². The number of unbranched alkanes of at least 4 members (excludes halogenated alkanes) is 1. The van der Waals surface area contributed by atoms with E-state index in [1.54, 1.807) is 0 Å². The Morgan fingerprint density at radius 1 is 1.13 bits per heavy atom. The summed E-state index contributed by atoms with van der Waals surface area (Å²) in [5.41, 5.74) is 2.89. The number of carboxylic acid groups (broad SMARTS) is 1. The van der Waals surface area contributed by atoms with Crippen molar-refractivity contribution in [2.45, 2.75) is 39.0 Å². The number of hydrogen-bond acceptors (Lipinski definition) is 2. The first-order valence-electron chi connectivity index (χ1n) is 8.12. The molecule has 0 aromatic heterocycles. The number of benzene rings is 2. The summed E-state index contributed by atoms with van der Waals surface area (Å²) in [6.07, 6.45) is 2.50. The number of para-hydroxylation sites is 1. The van der Waals surface area contributed by atoms with Gasteiger partial charge in [0.1, 0.15) is 5.75 Å². The van der Waals surface area contributed by atoms with E-state index < -0.39 is 11.9 Å². The second-order valence-electron chi connectivity index (χ2n) is 5.82. The van der Waals surface area contributed by atoms with Gasteiger partial charge in [-0.15, -0.1) is 0 Å². The molecule has 0 spiro atoms. The van der Waals surface area contributed by atoms with Gasteiger partial charge in [0.25, 0.3) is 0 Å². The predicted octanol–water partition coefficient (Wildman–Crippen LogP) is 4.58. The normalized spacial score (nSPS) is 11.9. The van der Waals surface area contributed by atoms with Gasteiger partial charge in [-0.3, -0.25) is 4.79 Å². The van der Waals surface area contributed by atoms with Crippen LogP contribution in [0.2, 0.25) is 0 Å². The first-order valence-corrected chi connectivity index (χ1v) is 8.12. The second kappa shape index (κ2) is 8.37. The van der Waals surface area contributed by atoms with Gasteiger partial charge in [0.15, 0.2) is 0 Å². The number of hydrogen-bond donors (Lipinski definition) is 1. The molecule has 0 aliphatic rings. The van der Waals surface area contributed by atoms with E-state index in [1.165, 1.54) is 0 Å². The Bertz CT molecular complexity index is 632. The molecule has 122 valence electrons. The number of rotatable bonds is 8. The molecule has 23 heavy (non-hydrogen) atoms. The van der Waals surface area contributed by atoms with Gasteiger partial charge in [0, 0.05) is 0 Å². The minimum Gasteiger partial charge on any atom is -0.493 e. The van der Waals surface area contributed by atoms with Gasteiger partial charge in [-0.05, 0) is 37.0 Å². The topological polar surface area (TPSA) is 46.5 Å². The molecule has 0 aliphatic carbocycles. The number of carboxylic acids is 1. The number of aryl methyl sites for hydroxylation is 1. The highest BCUT2D eigenvalue weighted by molar-refractivity contribution is 5.76. The van der Waals surface area contributed by atoms with Crippen molar-refractivity contribution in [3.05, 3.63) is 65.2 Å². The molecule has 0 radical (unpaired) electrons. The summed E-state index contributed by atoms with van der Waals surface area (Å²) in [6.45, 7) is 4.78. The van der Waals surface area contributed by atoms with Crippen LogP contribution in [0, 0.1) is 6.92 Å². The lowest BCUT2D eigenvalue weighted by atomic mass is 9.91. The van der Waals surface area contributed by atoms with E-state index in [-0.39, 0.29) is 0 Å². The Morgan fingerprint density at radius 2 is 1.83 bits per heavy atom. The van der Waals surface area contributed by atoms with Gasteiger partial charge in [-0.25, -0.2) is 0 Å². The van der Waals surface area contributed by atoms with E-state index >= 15 is 0 Å². The summed E-state index contributed by atoms with van der Waals surface area (Å²) in [5.74, 6) is -0.581. The Kier molecular flexibility index (Phi) is 6.21. The molecule has 2 rings (SSSR count). The molecule has 0 saturated carbocycles. The molecule has 0 heterocycles. The van der Waals surface area contributed by atoms with Crippen molar-refractivity contribution < 1.29 is 14.6 Å². The molecule has 2 aromatic carbocycles. The smallest absolute Gasteiger partial charge is 0.311 e. The SMILES string of the molecule is CCCCOc1ccccc1CC(C(=O)O)c1ccc(C)cc1. The zero-order chi connectivity index (χ0) is 16.7. The average Bonchev–Trinajstić information content (AvgIpc) is 2.55. The molecule has 1 unspecified atom stereocenters. The average molecular weight is 312 g/mol. The molecule has 0 saturated heterocycles. The summed E-state index contributed by atoms with van der Waals surface area (Å²) in [6, 6.07) is 15.4. The van der Waals surface area contributed by atoms with Crippen molar-refractivity contribution >= 4 is 5.97 Å². The highest BCUT2D eigenvalue weighted by atomic mass is 16.5. The standard InChI is InChI=1S/C20H24O3/c1-3-4-13-23-19-8-6-5-7-17(19)14-18(20(21)22)16-11-9-15(2)10-12-16/h5-12,18H,3-4,13-14H2,1-2H3,(H,21,22). The molecule has 0 bridgehead atoms.